The topological polar surface area (TPSA) is 54.0 Å². The molecule has 4 heterocycles. The van der Waals surface area contributed by atoms with Crippen LogP contribution < -0.4 is 9.97 Å². The van der Waals surface area contributed by atoms with Gasteiger partial charge in [-0.3, -0.25) is 9.97 Å². The van der Waals surface area contributed by atoms with Crippen molar-refractivity contribution in [2.75, 3.05) is 0 Å². The Morgan fingerprint density at radius 1 is 0.613 bits per heavy atom. The number of aryl methyl sites for hydroxylation is 4. The SMILES string of the molecule is Cc1cc(C)c(/C=C\c2ccccn2)[n-]1.Cc1cc(C)c(/C=C\c2ccccn2)[n-]1.[Zn+2]. The first-order valence-electron chi connectivity index (χ1n) is 9.91. The fourth-order valence-electron chi connectivity index (χ4n) is 3.01. The molecule has 4 nitrogen and oxygen atoms in total. The second kappa shape index (κ2) is 12.0. The van der Waals surface area contributed by atoms with E-state index in [1.54, 1.807) is 12.4 Å². The van der Waals surface area contributed by atoms with Crippen molar-refractivity contribution in [3.05, 3.63) is 106 Å². The molecule has 0 atom stereocenters. The third kappa shape index (κ3) is 7.62. The zero-order valence-corrected chi connectivity index (χ0v) is 21.5. The van der Waals surface area contributed by atoms with E-state index in [0.717, 1.165) is 34.2 Å². The molecule has 0 aliphatic carbocycles. The molecule has 0 saturated heterocycles. The molecule has 0 unspecified atom stereocenters. The third-order valence-corrected chi connectivity index (χ3v) is 4.45. The second-order valence-electron chi connectivity index (χ2n) is 7.11. The zero-order chi connectivity index (χ0) is 21.3. The fraction of sp³-hybridized carbons (Fsp3) is 0.154. The van der Waals surface area contributed by atoms with Crippen molar-refractivity contribution in [1.82, 2.24) is 19.9 Å². The van der Waals surface area contributed by atoms with Gasteiger partial charge in [0.1, 0.15) is 0 Å². The first-order valence-corrected chi connectivity index (χ1v) is 9.91. The zero-order valence-electron chi connectivity index (χ0n) is 18.6. The molecule has 0 aliphatic heterocycles. The van der Waals surface area contributed by atoms with E-state index in [2.05, 4.69) is 45.9 Å². The van der Waals surface area contributed by atoms with E-state index in [9.17, 15) is 0 Å². The van der Waals surface area contributed by atoms with E-state index in [-0.39, 0.29) is 19.5 Å². The van der Waals surface area contributed by atoms with E-state index in [1.165, 1.54) is 11.1 Å². The summed E-state index contributed by atoms with van der Waals surface area (Å²) < 4.78 is 0. The van der Waals surface area contributed by atoms with Gasteiger partial charge < -0.3 is 9.97 Å². The number of aromatic nitrogens is 4. The molecule has 31 heavy (non-hydrogen) atoms. The number of pyridine rings is 2. The number of hydrogen-bond acceptors (Lipinski definition) is 2. The van der Waals surface area contributed by atoms with E-state index in [1.807, 2.05) is 74.5 Å². The maximum Gasteiger partial charge on any atom is 2.00 e. The molecular formula is C26H26N4Zn. The number of hydrogen-bond donors (Lipinski definition) is 0. The van der Waals surface area contributed by atoms with Gasteiger partial charge in [-0.15, -0.1) is 11.4 Å². The van der Waals surface area contributed by atoms with Gasteiger partial charge in [0.25, 0.3) is 0 Å². The molecule has 4 aromatic rings. The van der Waals surface area contributed by atoms with Crippen molar-refractivity contribution in [1.29, 1.82) is 0 Å². The van der Waals surface area contributed by atoms with Crippen molar-refractivity contribution in [2.24, 2.45) is 0 Å². The van der Waals surface area contributed by atoms with Crippen LogP contribution in [0.4, 0.5) is 0 Å². The Labute approximate surface area is 197 Å². The Bertz CT molecular complexity index is 1030. The van der Waals surface area contributed by atoms with E-state index in [0.29, 0.717) is 0 Å². The van der Waals surface area contributed by atoms with Gasteiger partial charge in [-0.1, -0.05) is 61.4 Å². The van der Waals surface area contributed by atoms with Crippen LogP contribution in [-0.2, 0) is 19.5 Å². The molecule has 4 rings (SSSR count). The summed E-state index contributed by atoms with van der Waals surface area (Å²) in [6, 6.07) is 15.9. The van der Waals surface area contributed by atoms with Crippen LogP contribution in [0.3, 0.4) is 0 Å². The first kappa shape index (κ1) is 24.2. The van der Waals surface area contributed by atoms with Crippen molar-refractivity contribution >= 4 is 24.3 Å². The van der Waals surface area contributed by atoms with Crippen LogP contribution in [0.15, 0.2) is 60.9 Å². The van der Waals surface area contributed by atoms with Gasteiger partial charge in [0, 0.05) is 12.4 Å². The van der Waals surface area contributed by atoms with Gasteiger partial charge in [0.2, 0.25) is 0 Å². The van der Waals surface area contributed by atoms with Crippen LogP contribution in [-0.4, -0.2) is 9.97 Å². The van der Waals surface area contributed by atoms with Crippen LogP contribution in [0.5, 0.6) is 0 Å². The maximum absolute atomic E-state index is 4.41. The predicted molar refractivity (Wildman–Crippen MR) is 125 cm³/mol. The normalized spacial score (nSPS) is 10.7. The number of rotatable bonds is 4. The Morgan fingerprint density at radius 3 is 1.32 bits per heavy atom. The molecule has 0 bridgehead atoms. The predicted octanol–water partition coefficient (Wildman–Crippen LogP) is 5.65. The van der Waals surface area contributed by atoms with Gasteiger partial charge >= 0.3 is 19.5 Å². The largest absolute Gasteiger partial charge is 2.00 e. The van der Waals surface area contributed by atoms with Crippen LogP contribution in [0.1, 0.15) is 45.3 Å². The Morgan fingerprint density at radius 2 is 1.03 bits per heavy atom. The van der Waals surface area contributed by atoms with E-state index in [4.69, 9.17) is 0 Å². The van der Waals surface area contributed by atoms with Crippen molar-refractivity contribution in [2.45, 2.75) is 27.7 Å². The quantitative estimate of drug-likeness (QED) is 0.370. The summed E-state index contributed by atoms with van der Waals surface area (Å²) >= 11 is 0. The van der Waals surface area contributed by atoms with Crippen molar-refractivity contribution < 1.29 is 19.5 Å². The van der Waals surface area contributed by atoms with Crippen molar-refractivity contribution in [3.63, 3.8) is 0 Å². The molecule has 0 aliphatic rings. The summed E-state index contributed by atoms with van der Waals surface area (Å²) in [7, 11) is 0. The molecule has 5 heteroatoms. The molecule has 152 valence electrons. The summed E-state index contributed by atoms with van der Waals surface area (Å²) in [5.74, 6) is 0. The van der Waals surface area contributed by atoms with Crippen LogP contribution in [0, 0.1) is 27.7 Å². The fourth-order valence-corrected chi connectivity index (χ4v) is 3.01. The molecule has 0 N–H and O–H groups in total. The standard InChI is InChI=1S/2C13H13N2.Zn/c2*1-10-9-11(2)15-13(10)7-6-12-5-3-4-8-14-12;/h2*3-9H,1-2H3;/q2*-1;+2/b2*7-6-;. The first-order chi connectivity index (χ1) is 14.5. The van der Waals surface area contributed by atoms with Gasteiger partial charge in [0.15, 0.2) is 0 Å². The minimum atomic E-state index is 0. The average molecular weight is 460 g/mol. The maximum atomic E-state index is 4.41. The molecular weight excluding hydrogens is 434 g/mol. The van der Waals surface area contributed by atoms with Crippen LogP contribution in [0.25, 0.3) is 24.3 Å². The van der Waals surface area contributed by atoms with Gasteiger partial charge in [-0.05, 0) is 50.3 Å². The smallest absolute Gasteiger partial charge is 0.661 e. The van der Waals surface area contributed by atoms with Crippen molar-refractivity contribution in [3.8, 4) is 0 Å². The summed E-state index contributed by atoms with van der Waals surface area (Å²) in [5.41, 5.74) is 8.51. The van der Waals surface area contributed by atoms with Gasteiger partial charge in [-0.2, -0.15) is 11.4 Å². The Hall–Kier alpha value is -3.04. The van der Waals surface area contributed by atoms with Crippen LogP contribution >= 0.6 is 0 Å². The molecule has 0 amide bonds. The van der Waals surface area contributed by atoms with Gasteiger partial charge in [0.05, 0.1) is 11.4 Å². The molecule has 4 aromatic heterocycles. The molecule has 0 aromatic carbocycles. The second-order valence-corrected chi connectivity index (χ2v) is 7.11. The third-order valence-electron chi connectivity index (χ3n) is 4.45. The summed E-state index contributed by atoms with van der Waals surface area (Å²) in [4.78, 5) is 17.3. The summed E-state index contributed by atoms with van der Waals surface area (Å²) in [5, 5.41) is 0. The van der Waals surface area contributed by atoms with Crippen LogP contribution in [0.2, 0.25) is 0 Å². The molecule has 0 saturated carbocycles. The minimum Gasteiger partial charge on any atom is -0.661 e. The Kier molecular flexibility index (Phi) is 9.36. The summed E-state index contributed by atoms with van der Waals surface area (Å²) in [6.07, 6.45) is 11.5. The number of nitrogens with zero attached hydrogens (tertiary/aromatic N) is 4. The Balaban J connectivity index is 0.000000213. The molecule has 0 spiro atoms. The summed E-state index contributed by atoms with van der Waals surface area (Å²) in [6.45, 7) is 8.15. The van der Waals surface area contributed by atoms with E-state index >= 15 is 0 Å². The molecule has 0 fully saturated rings. The monoisotopic (exact) mass is 458 g/mol. The minimum absolute atomic E-state index is 0. The average Bonchev–Trinajstić information content (AvgIpc) is 3.25. The van der Waals surface area contributed by atoms with E-state index < -0.39 is 0 Å². The molecule has 0 radical (unpaired) electrons. The van der Waals surface area contributed by atoms with Gasteiger partial charge in [-0.25, -0.2) is 0 Å².